The zero-order chi connectivity index (χ0) is 12.8. The highest BCUT2D eigenvalue weighted by Gasteiger charge is 2.40. The van der Waals surface area contributed by atoms with Crippen molar-refractivity contribution < 1.29 is 0 Å². The van der Waals surface area contributed by atoms with Gasteiger partial charge in [0.25, 0.3) is 0 Å². The molecule has 1 aliphatic carbocycles. The molecule has 4 heteroatoms. The Morgan fingerprint density at radius 3 is 2.78 bits per heavy atom. The molecule has 0 saturated carbocycles. The lowest BCUT2D eigenvalue weighted by molar-refractivity contribution is 0.257. The third kappa shape index (κ3) is 2.10. The monoisotopic (exact) mass is 265 g/mol. The molecule has 18 heavy (non-hydrogen) atoms. The van der Waals surface area contributed by atoms with Gasteiger partial charge in [-0.1, -0.05) is 0 Å². The average molecular weight is 265 g/mol. The minimum atomic E-state index is -0.188. The Hall–Kier alpha value is -0.450. The van der Waals surface area contributed by atoms with E-state index in [1.54, 1.807) is 0 Å². The second-order valence-corrected chi connectivity index (χ2v) is 7.15. The van der Waals surface area contributed by atoms with E-state index in [0.29, 0.717) is 6.04 Å². The van der Waals surface area contributed by atoms with Crippen LogP contribution in [0.1, 0.15) is 48.7 Å². The molecule has 1 saturated heterocycles. The number of thiazole rings is 1. The normalized spacial score (nSPS) is 28.9. The van der Waals surface area contributed by atoms with Crippen molar-refractivity contribution >= 4 is 11.3 Å². The molecule has 0 aromatic carbocycles. The van der Waals surface area contributed by atoms with Gasteiger partial charge in [-0.25, -0.2) is 4.98 Å². The van der Waals surface area contributed by atoms with Gasteiger partial charge in [0.2, 0.25) is 0 Å². The van der Waals surface area contributed by atoms with Gasteiger partial charge >= 0.3 is 0 Å². The zero-order valence-electron chi connectivity index (χ0n) is 11.4. The molecular weight excluding hydrogens is 242 g/mol. The Bertz CT molecular complexity index is 417. The van der Waals surface area contributed by atoms with Crippen LogP contribution < -0.4 is 5.73 Å². The largest absolute Gasteiger partial charge is 0.318 e. The molecule has 1 aromatic heterocycles. The van der Waals surface area contributed by atoms with Crippen molar-refractivity contribution in [3.05, 3.63) is 15.6 Å². The number of nitrogens with two attached hydrogens (primary N) is 1. The molecule has 100 valence electrons. The first-order chi connectivity index (χ1) is 8.58. The predicted molar refractivity (Wildman–Crippen MR) is 75.9 cm³/mol. The van der Waals surface area contributed by atoms with E-state index in [1.807, 2.05) is 11.3 Å². The van der Waals surface area contributed by atoms with Gasteiger partial charge in [0.15, 0.2) is 0 Å². The lowest BCUT2D eigenvalue weighted by Gasteiger charge is -2.24. The van der Waals surface area contributed by atoms with Gasteiger partial charge in [-0.15, -0.1) is 11.3 Å². The first-order valence-electron chi connectivity index (χ1n) is 7.10. The van der Waals surface area contributed by atoms with Gasteiger partial charge < -0.3 is 5.73 Å². The van der Waals surface area contributed by atoms with E-state index >= 15 is 0 Å². The summed E-state index contributed by atoms with van der Waals surface area (Å²) in [6.45, 7) is 6.58. The second kappa shape index (κ2) is 4.58. The van der Waals surface area contributed by atoms with E-state index in [1.165, 1.54) is 34.8 Å². The van der Waals surface area contributed by atoms with Gasteiger partial charge in [0.05, 0.1) is 11.2 Å². The van der Waals surface area contributed by atoms with Crippen LogP contribution in [0, 0.1) is 0 Å². The fraction of sp³-hybridized carbons (Fsp3) is 0.786. The standard InChI is InChI=1S/C14H23N3S/c1-10(2)17-8-7-14(15,9-17)13-16-11-5-3-4-6-12(11)18-13/h10H,3-9,15H2,1-2H3. The third-order valence-corrected chi connectivity index (χ3v) is 5.71. The van der Waals surface area contributed by atoms with Gasteiger partial charge in [-0.2, -0.15) is 0 Å². The summed E-state index contributed by atoms with van der Waals surface area (Å²) in [5.41, 5.74) is 7.78. The van der Waals surface area contributed by atoms with Crippen LogP contribution in [-0.4, -0.2) is 29.0 Å². The minimum Gasteiger partial charge on any atom is -0.318 e. The number of hydrogen-bond acceptors (Lipinski definition) is 4. The molecule has 1 aliphatic heterocycles. The van der Waals surface area contributed by atoms with Crippen LogP contribution in [0.5, 0.6) is 0 Å². The number of aromatic nitrogens is 1. The summed E-state index contributed by atoms with van der Waals surface area (Å²) in [6.07, 6.45) is 6.06. The van der Waals surface area contributed by atoms with Gasteiger partial charge in [0.1, 0.15) is 5.01 Å². The third-order valence-electron chi connectivity index (χ3n) is 4.33. The predicted octanol–water partition coefficient (Wildman–Crippen LogP) is 2.29. The van der Waals surface area contributed by atoms with Crippen LogP contribution in [0.15, 0.2) is 0 Å². The Morgan fingerprint density at radius 1 is 1.33 bits per heavy atom. The van der Waals surface area contributed by atoms with Crippen molar-refractivity contribution in [2.75, 3.05) is 13.1 Å². The summed E-state index contributed by atoms with van der Waals surface area (Å²) in [6, 6.07) is 0.588. The smallest absolute Gasteiger partial charge is 0.114 e. The van der Waals surface area contributed by atoms with E-state index in [0.717, 1.165) is 25.9 Å². The minimum absolute atomic E-state index is 0.188. The summed E-state index contributed by atoms with van der Waals surface area (Å²) in [4.78, 5) is 8.84. The molecular formula is C14H23N3S. The summed E-state index contributed by atoms with van der Waals surface area (Å²) < 4.78 is 0. The highest BCUT2D eigenvalue weighted by molar-refractivity contribution is 7.11. The number of hydrogen-bond donors (Lipinski definition) is 1. The maximum Gasteiger partial charge on any atom is 0.114 e. The maximum atomic E-state index is 6.63. The van der Waals surface area contributed by atoms with Crippen LogP contribution in [0.25, 0.3) is 0 Å². The van der Waals surface area contributed by atoms with Crippen LogP contribution in [0.3, 0.4) is 0 Å². The van der Waals surface area contributed by atoms with E-state index in [-0.39, 0.29) is 5.54 Å². The van der Waals surface area contributed by atoms with Gasteiger partial charge in [-0.05, 0) is 46.0 Å². The van der Waals surface area contributed by atoms with E-state index < -0.39 is 0 Å². The highest BCUT2D eigenvalue weighted by atomic mass is 32.1. The quantitative estimate of drug-likeness (QED) is 0.892. The Labute approximate surface area is 113 Å². The molecule has 1 unspecified atom stereocenters. The van der Waals surface area contributed by atoms with Gasteiger partial charge in [0, 0.05) is 24.0 Å². The zero-order valence-corrected chi connectivity index (χ0v) is 12.2. The highest BCUT2D eigenvalue weighted by Crippen LogP contribution is 2.36. The second-order valence-electron chi connectivity index (χ2n) is 6.07. The van der Waals surface area contributed by atoms with Crippen molar-refractivity contribution in [3.63, 3.8) is 0 Å². The number of rotatable bonds is 2. The summed E-state index contributed by atoms with van der Waals surface area (Å²) >= 11 is 1.88. The van der Waals surface area contributed by atoms with Crippen LogP contribution in [-0.2, 0) is 18.4 Å². The number of aryl methyl sites for hydroxylation is 2. The molecule has 1 aromatic rings. The van der Waals surface area contributed by atoms with Crippen molar-refractivity contribution in [1.82, 2.24) is 9.88 Å². The van der Waals surface area contributed by atoms with Gasteiger partial charge in [-0.3, -0.25) is 4.90 Å². The lowest BCUT2D eigenvalue weighted by Crippen LogP contribution is -2.41. The maximum absolute atomic E-state index is 6.63. The Balaban J connectivity index is 1.84. The fourth-order valence-electron chi connectivity index (χ4n) is 3.04. The molecule has 1 fully saturated rings. The fourth-order valence-corrected chi connectivity index (χ4v) is 4.31. The average Bonchev–Trinajstić information content (AvgIpc) is 2.93. The molecule has 3 nitrogen and oxygen atoms in total. The van der Waals surface area contributed by atoms with Crippen molar-refractivity contribution in [1.29, 1.82) is 0 Å². The molecule has 1 atom stereocenters. The molecule has 2 aliphatic rings. The summed E-state index contributed by atoms with van der Waals surface area (Å²) in [7, 11) is 0. The molecule has 3 rings (SSSR count). The molecule has 2 N–H and O–H groups in total. The Kier molecular flexibility index (Phi) is 3.20. The summed E-state index contributed by atoms with van der Waals surface area (Å²) in [5.74, 6) is 0. The molecule has 0 spiro atoms. The van der Waals surface area contributed by atoms with Crippen LogP contribution >= 0.6 is 11.3 Å². The first-order valence-corrected chi connectivity index (χ1v) is 7.92. The number of nitrogens with zero attached hydrogens (tertiary/aromatic N) is 2. The summed E-state index contributed by atoms with van der Waals surface area (Å²) in [5, 5.41) is 1.19. The van der Waals surface area contributed by atoms with E-state index in [4.69, 9.17) is 10.7 Å². The number of likely N-dealkylation sites (tertiary alicyclic amines) is 1. The molecule has 0 bridgehead atoms. The molecule has 0 amide bonds. The molecule has 0 radical (unpaired) electrons. The van der Waals surface area contributed by atoms with E-state index in [9.17, 15) is 0 Å². The van der Waals surface area contributed by atoms with Crippen molar-refractivity contribution in [2.24, 2.45) is 5.73 Å². The Morgan fingerprint density at radius 2 is 2.11 bits per heavy atom. The first kappa shape index (κ1) is 12.6. The molecule has 2 heterocycles. The van der Waals surface area contributed by atoms with Crippen molar-refractivity contribution in [2.45, 2.75) is 57.5 Å². The van der Waals surface area contributed by atoms with E-state index in [2.05, 4.69) is 18.7 Å². The lowest BCUT2D eigenvalue weighted by atomic mass is 10.0. The van der Waals surface area contributed by atoms with Crippen LogP contribution in [0.4, 0.5) is 0 Å². The SMILES string of the molecule is CC(C)N1CCC(N)(c2nc3c(s2)CCCC3)C1. The van der Waals surface area contributed by atoms with Crippen molar-refractivity contribution in [3.8, 4) is 0 Å². The topological polar surface area (TPSA) is 42.1 Å². The van der Waals surface area contributed by atoms with Crippen LogP contribution in [0.2, 0.25) is 0 Å². The number of fused-ring (bicyclic) bond motifs is 1.